The van der Waals surface area contributed by atoms with E-state index in [1.54, 1.807) is 40.2 Å². The Morgan fingerprint density at radius 2 is 1.63 bits per heavy atom. The van der Waals surface area contributed by atoms with Gasteiger partial charge in [-0.25, -0.2) is 0 Å². The van der Waals surface area contributed by atoms with Gasteiger partial charge in [-0.1, -0.05) is 64.5 Å². The number of aliphatic hydroxyl groups excluding tert-OH is 2. The van der Waals surface area contributed by atoms with Gasteiger partial charge < -0.3 is 62.7 Å². The molecule has 1 spiro atoms. The molecule has 62 heavy (non-hydrogen) atoms. The third kappa shape index (κ3) is 9.73. The van der Waals surface area contributed by atoms with E-state index in [9.17, 15) is 20.1 Å². The lowest BCUT2D eigenvalue weighted by atomic mass is 9.71. The number of hydrogen-bond acceptors (Lipinski definition) is 14. The molecule has 0 amide bonds. The molecule has 2 bridgehead atoms. The number of carbonyl (C=O) groups is 1. The van der Waals surface area contributed by atoms with Crippen molar-refractivity contribution in [2.75, 3.05) is 20.8 Å². The van der Waals surface area contributed by atoms with Crippen LogP contribution in [0.3, 0.4) is 0 Å². The van der Waals surface area contributed by atoms with Gasteiger partial charge in [-0.2, -0.15) is 0 Å². The number of allylic oxidation sites excluding steroid dienone is 2. The van der Waals surface area contributed by atoms with Gasteiger partial charge in [-0.3, -0.25) is 4.79 Å². The molecule has 20 atom stereocenters. The standard InChI is InChI=1S/C48H74O14/c1-11-25(2)43-28(5)17-18-47(62-43)23-34-20-33(61-47)16-15-27(4)42(26(3)13-12-14-32-24-55-45-40(49)29(6)19-35(46(51)58-34)48(32,45)52)59-39-22-37(54-10)44(31(8)57-39)60-38-21-36(53-9)41(50)30(7)56-38/h12-15,19,25-26,28,30-31,33-45,49-50,52H,11,16-18,20-24H2,1-10H3/t25-,26+,28-,30+,31+,33-,34+,35+,36+,37+,38+,39+,40-,41+,42+,43-,44+,45-,47-,48-/m1/s1. The van der Waals surface area contributed by atoms with Crippen LogP contribution in [0.25, 0.3) is 0 Å². The van der Waals surface area contributed by atoms with Crippen molar-refractivity contribution in [1.82, 2.24) is 0 Å². The maximum absolute atomic E-state index is 14.4. The van der Waals surface area contributed by atoms with Crippen LogP contribution in [0.1, 0.15) is 107 Å². The minimum absolute atomic E-state index is 0.00708. The Balaban J connectivity index is 1.18. The second-order valence-electron chi connectivity index (χ2n) is 19.4. The lowest BCUT2D eigenvalue weighted by molar-refractivity contribution is -0.340. The largest absolute Gasteiger partial charge is 0.462 e. The van der Waals surface area contributed by atoms with Crippen LogP contribution in [-0.4, -0.2) is 139 Å². The highest BCUT2D eigenvalue weighted by molar-refractivity contribution is 5.78. The summed E-state index contributed by atoms with van der Waals surface area (Å²) in [5, 5.41) is 34.2. The van der Waals surface area contributed by atoms with Gasteiger partial charge in [0.05, 0.1) is 49.3 Å². The quantitative estimate of drug-likeness (QED) is 0.204. The summed E-state index contributed by atoms with van der Waals surface area (Å²) in [4.78, 5) is 14.4. The van der Waals surface area contributed by atoms with Gasteiger partial charge in [-0.05, 0) is 69.1 Å². The molecule has 0 saturated carbocycles. The molecule has 0 aromatic heterocycles. The molecular weight excluding hydrogens is 801 g/mol. The van der Waals surface area contributed by atoms with Crippen LogP contribution in [-0.2, 0) is 52.2 Å². The van der Waals surface area contributed by atoms with Crippen molar-refractivity contribution in [1.29, 1.82) is 0 Å². The topological polar surface area (TPSA) is 170 Å². The van der Waals surface area contributed by atoms with E-state index < -0.39 is 90.8 Å². The lowest BCUT2D eigenvalue weighted by Crippen LogP contribution is -2.58. The number of ether oxygens (including phenoxy) is 10. The highest BCUT2D eigenvalue weighted by atomic mass is 16.7. The molecule has 350 valence electrons. The number of esters is 1. The molecule has 0 unspecified atom stereocenters. The van der Waals surface area contributed by atoms with E-state index in [1.807, 2.05) is 19.1 Å². The van der Waals surface area contributed by atoms with E-state index in [0.29, 0.717) is 61.5 Å². The average molecular weight is 875 g/mol. The van der Waals surface area contributed by atoms with Crippen molar-refractivity contribution in [2.24, 2.45) is 23.7 Å². The first-order valence-corrected chi connectivity index (χ1v) is 23.2. The first kappa shape index (κ1) is 47.9. The van der Waals surface area contributed by atoms with Crippen molar-refractivity contribution in [3.63, 3.8) is 0 Å². The van der Waals surface area contributed by atoms with Gasteiger partial charge in [-0.15, -0.1) is 0 Å². The smallest absolute Gasteiger partial charge is 0.316 e. The third-order valence-corrected chi connectivity index (χ3v) is 14.9. The maximum atomic E-state index is 14.4. The zero-order valence-electron chi connectivity index (χ0n) is 38.5. The molecule has 7 aliphatic rings. The molecule has 6 heterocycles. The number of hydrogen-bond donors (Lipinski definition) is 3. The average Bonchev–Trinajstić information content (AvgIpc) is 3.58. The van der Waals surface area contributed by atoms with Crippen LogP contribution >= 0.6 is 0 Å². The van der Waals surface area contributed by atoms with Crippen molar-refractivity contribution < 1.29 is 67.5 Å². The van der Waals surface area contributed by atoms with E-state index >= 15 is 0 Å². The van der Waals surface area contributed by atoms with Crippen molar-refractivity contribution in [3.8, 4) is 0 Å². The monoisotopic (exact) mass is 875 g/mol. The molecular formula is C48H74O14. The SMILES string of the molecule is CC[C@@H](C)[C@H]1O[C@]2(CC[C@H]1C)C[C@@H]1C[C@@H](CC=C(C)[C@@H](O[C@H]3C[C@H](OC)[C@@H](O[C@H]4C[C@H](OC)[C@@H](O)[C@H](C)O4)[C@H](C)O3)[C@@H](C)C=CC=C3CO[C@@H]4[C@H](O)C(C)=C[C@@H](C(=O)O1)[C@]34O)O2. The van der Waals surface area contributed by atoms with Gasteiger partial charge >= 0.3 is 5.97 Å². The second kappa shape index (κ2) is 19.8. The van der Waals surface area contributed by atoms with Crippen LogP contribution in [0.4, 0.5) is 0 Å². The molecule has 5 saturated heterocycles. The van der Waals surface area contributed by atoms with Gasteiger partial charge in [0.1, 0.15) is 42.0 Å². The Morgan fingerprint density at radius 1 is 0.919 bits per heavy atom. The molecule has 14 heteroatoms. The summed E-state index contributed by atoms with van der Waals surface area (Å²) in [6.45, 7) is 16.3. The van der Waals surface area contributed by atoms with Crippen LogP contribution in [0.2, 0.25) is 0 Å². The summed E-state index contributed by atoms with van der Waals surface area (Å²) < 4.78 is 63.9. The summed E-state index contributed by atoms with van der Waals surface area (Å²) in [7, 11) is 3.23. The van der Waals surface area contributed by atoms with Gasteiger partial charge in [0.2, 0.25) is 0 Å². The number of fused-ring (bicyclic) bond motifs is 2. The molecule has 0 radical (unpaired) electrons. The number of carbonyl (C=O) groups excluding carboxylic acids is 1. The van der Waals surface area contributed by atoms with Crippen LogP contribution in [0, 0.1) is 23.7 Å². The fourth-order valence-corrected chi connectivity index (χ4v) is 11.0. The summed E-state index contributed by atoms with van der Waals surface area (Å²) in [5.74, 6) is -2.10. The van der Waals surface area contributed by atoms with Gasteiger partial charge in [0.25, 0.3) is 0 Å². The molecule has 6 aliphatic heterocycles. The molecule has 3 N–H and O–H groups in total. The molecule has 0 aromatic carbocycles. The van der Waals surface area contributed by atoms with Crippen molar-refractivity contribution >= 4 is 5.97 Å². The summed E-state index contributed by atoms with van der Waals surface area (Å²) in [5.41, 5.74) is 0.188. The lowest BCUT2D eigenvalue weighted by Gasteiger charge is -2.51. The number of rotatable bonds is 8. The highest BCUT2D eigenvalue weighted by Crippen LogP contribution is 2.48. The Kier molecular flexibility index (Phi) is 15.3. The van der Waals surface area contributed by atoms with E-state index in [4.69, 9.17) is 47.4 Å². The first-order valence-electron chi connectivity index (χ1n) is 23.2. The number of aliphatic hydroxyl groups is 3. The molecule has 5 fully saturated rings. The minimum Gasteiger partial charge on any atom is -0.462 e. The number of methoxy groups -OCH3 is 2. The minimum atomic E-state index is -1.82. The van der Waals surface area contributed by atoms with Crippen LogP contribution in [0.5, 0.6) is 0 Å². The molecule has 14 nitrogen and oxygen atoms in total. The Labute approximate surface area is 368 Å². The summed E-state index contributed by atoms with van der Waals surface area (Å²) >= 11 is 0. The third-order valence-electron chi connectivity index (χ3n) is 14.9. The van der Waals surface area contributed by atoms with Gasteiger partial charge in [0, 0.05) is 52.2 Å². The van der Waals surface area contributed by atoms with Crippen molar-refractivity contribution in [3.05, 3.63) is 47.1 Å². The Morgan fingerprint density at radius 3 is 2.35 bits per heavy atom. The predicted molar refractivity (Wildman–Crippen MR) is 227 cm³/mol. The molecule has 1 aliphatic carbocycles. The Hall–Kier alpha value is -2.05. The van der Waals surface area contributed by atoms with E-state index in [2.05, 4.69) is 40.7 Å². The van der Waals surface area contributed by atoms with Crippen molar-refractivity contribution in [2.45, 2.75) is 204 Å². The van der Waals surface area contributed by atoms with Crippen LogP contribution in [0.15, 0.2) is 47.1 Å². The normalized spacial score (nSPS) is 47.2. The van der Waals surface area contributed by atoms with Gasteiger partial charge in [0.15, 0.2) is 18.4 Å². The van der Waals surface area contributed by atoms with E-state index in [1.165, 1.54) is 0 Å². The van der Waals surface area contributed by atoms with Crippen LogP contribution < -0.4 is 0 Å². The molecule has 0 aromatic rings. The second-order valence-corrected chi connectivity index (χ2v) is 19.4. The maximum Gasteiger partial charge on any atom is 0.316 e. The van der Waals surface area contributed by atoms with E-state index in [-0.39, 0.29) is 30.8 Å². The zero-order valence-corrected chi connectivity index (χ0v) is 38.5. The van der Waals surface area contributed by atoms with E-state index in [0.717, 1.165) is 18.4 Å². The fraction of sp³-hybridized carbons (Fsp3) is 0.812. The summed E-state index contributed by atoms with van der Waals surface area (Å²) in [6.07, 6.45) is 6.53. The first-order chi connectivity index (χ1) is 29.5. The fourth-order valence-electron chi connectivity index (χ4n) is 11.0. The summed E-state index contributed by atoms with van der Waals surface area (Å²) in [6, 6.07) is 0. The predicted octanol–water partition coefficient (Wildman–Crippen LogP) is 5.60. The molecule has 7 rings (SSSR count). The highest BCUT2D eigenvalue weighted by Gasteiger charge is 2.60. The zero-order chi connectivity index (χ0) is 44.7. The Bertz CT molecular complexity index is 1680.